The second-order valence-electron chi connectivity index (χ2n) is 7.53. The fourth-order valence-electron chi connectivity index (χ4n) is 3.66. The highest BCUT2D eigenvalue weighted by Gasteiger charge is 2.27. The molecular weight excluding hydrogens is 425 g/mol. The van der Waals surface area contributed by atoms with Crippen molar-refractivity contribution in [3.05, 3.63) is 94.6 Å². The summed E-state index contributed by atoms with van der Waals surface area (Å²) >= 11 is 1.56. The van der Waals surface area contributed by atoms with E-state index in [4.69, 9.17) is 14.7 Å². The van der Waals surface area contributed by atoms with Crippen molar-refractivity contribution in [3.63, 3.8) is 0 Å². The van der Waals surface area contributed by atoms with Crippen molar-refractivity contribution in [2.75, 3.05) is 0 Å². The van der Waals surface area contributed by atoms with Gasteiger partial charge in [0.2, 0.25) is 5.88 Å². The van der Waals surface area contributed by atoms with E-state index < -0.39 is 0 Å². The molecule has 0 saturated heterocycles. The van der Waals surface area contributed by atoms with Crippen LogP contribution < -0.4 is 4.74 Å². The van der Waals surface area contributed by atoms with Gasteiger partial charge in [-0.3, -0.25) is 4.98 Å². The minimum Gasteiger partial charge on any atom is -0.436 e. The number of ether oxygens (including phenoxy) is 1. The number of halogens is 1. The summed E-state index contributed by atoms with van der Waals surface area (Å²) in [6.07, 6.45) is 2.23. The molecule has 0 radical (unpaired) electrons. The summed E-state index contributed by atoms with van der Waals surface area (Å²) < 4.78 is 19.5. The Hall–Kier alpha value is -3.29. The van der Waals surface area contributed by atoms with Gasteiger partial charge in [-0.25, -0.2) is 9.37 Å². The van der Waals surface area contributed by atoms with Crippen molar-refractivity contribution in [1.29, 1.82) is 0 Å². The highest BCUT2D eigenvalue weighted by molar-refractivity contribution is 7.98. The first-order chi connectivity index (χ1) is 15.6. The summed E-state index contributed by atoms with van der Waals surface area (Å²) in [6, 6.07) is 16.2. The van der Waals surface area contributed by atoms with E-state index in [9.17, 15) is 9.50 Å². The Morgan fingerprint density at radius 3 is 2.56 bits per heavy atom. The average molecular weight is 446 g/mol. The Bertz CT molecular complexity index is 1280. The first kappa shape index (κ1) is 20.6. The number of fused-ring (bicyclic) bond motifs is 2. The molecule has 0 fully saturated rings. The molecule has 0 aliphatic carbocycles. The normalized spacial score (nSPS) is 12.1. The molecule has 0 unspecified atom stereocenters. The molecule has 7 heteroatoms. The highest BCUT2D eigenvalue weighted by Crippen LogP contribution is 2.43. The number of nitrogens with zero attached hydrogens (tertiary/aromatic N) is 3. The number of hydrogen-bond donors (Lipinski definition) is 1. The molecule has 0 atom stereocenters. The molecule has 1 aliphatic heterocycles. The monoisotopic (exact) mass is 445 g/mol. The smallest absolute Gasteiger partial charge is 0.227 e. The summed E-state index contributed by atoms with van der Waals surface area (Å²) in [5, 5.41) is 10.6. The number of aromatic nitrogens is 3. The van der Waals surface area contributed by atoms with Crippen LogP contribution in [-0.4, -0.2) is 20.1 Å². The largest absolute Gasteiger partial charge is 0.436 e. The van der Waals surface area contributed by atoms with Gasteiger partial charge in [0.1, 0.15) is 10.8 Å². The zero-order valence-electron chi connectivity index (χ0n) is 17.4. The molecule has 1 N–H and O–H groups in total. The summed E-state index contributed by atoms with van der Waals surface area (Å²) in [5.41, 5.74) is 5.17. The number of aliphatic hydroxyl groups is 1. The Labute approximate surface area is 189 Å². The van der Waals surface area contributed by atoms with Crippen molar-refractivity contribution >= 4 is 11.8 Å². The molecule has 32 heavy (non-hydrogen) atoms. The molecule has 160 valence electrons. The lowest BCUT2D eigenvalue weighted by Gasteiger charge is -2.24. The lowest BCUT2D eigenvalue weighted by atomic mass is 9.99. The van der Waals surface area contributed by atoms with E-state index in [0.717, 1.165) is 38.5 Å². The van der Waals surface area contributed by atoms with Crippen LogP contribution in [-0.2, 0) is 18.8 Å². The summed E-state index contributed by atoms with van der Waals surface area (Å²) in [4.78, 5) is 13.9. The quantitative estimate of drug-likeness (QED) is 0.286. The lowest BCUT2D eigenvalue weighted by Crippen LogP contribution is -2.13. The second kappa shape index (κ2) is 8.68. The predicted molar refractivity (Wildman–Crippen MR) is 121 cm³/mol. The van der Waals surface area contributed by atoms with Crippen LogP contribution >= 0.6 is 11.8 Å². The maximum atomic E-state index is 13.3. The van der Waals surface area contributed by atoms with Crippen LogP contribution in [0.2, 0.25) is 0 Å². The average Bonchev–Trinajstić information content (AvgIpc) is 2.83. The Morgan fingerprint density at radius 2 is 1.81 bits per heavy atom. The van der Waals surface area contributed by atoms with Gasteiger partial charge in [0.25, 0.3) is 0 Å². The van der Waals surface area contributed by atoms with Crippen LogP contribution in [0.4, 0.5) is 4.39 Å². The standard InChI is InChI=1S/C25H20FN3O2S/c1-15-22-20(18(13-30)12-27-15)11-21-24(31-22)28-23(17-5-3-2-4-6-17)29-25(21)32-14-16-7-9-19(26)10-8-16/h2-10,12,30H,11,13-14H2,1H3. The third-order valence-corrected chi connectivity index (χ3v) is 6.47. The Kier molecular flexibility index (Phi) is 5.59. The minimum absolute atomic E-state index is 0.116. The fourth-order valence-corrected chi connectivity index (χ4v) is 4.64. The molecule has 4 aromatic rings. The molecular formula is C25H20FN3O2S. The van der Waals surface area contributed by atoms with Gasteiger partial charge in [0.15, 0.2) is 11.6 Å². The third kappa shape index (κ3) is 3.97. The maximum Gasteiger partial charge on any atom is 0.227 e. The minimum atomic E-state index is -0.255. The molecule has 5 nitrogen and oxygen atoms in total. The van der Waals surface area contributed by atoms with E-state index in [-0.39, 0.29) is 12.4 Å². The van der Waals surface area contributed by atoms with Gasteiger partial charge in [-0.05, 0) is 24.6 Å². The second-order valence-corrected chi connectivity index (χ2v) is 8.49. The zero-order valence-corrected chi connectivity index (χ0v) is 18.2. The van der Waals surface area contributed by atoms with Crippen molar-refractivity contribution in [1.82, 2.24) is 15.0 Å². The molecule has 0 amide bonds. The Balaban J connectivity index is 1.58. The van der Waals surface area contributed by atoms with Gasteiger partial charge in [0, 0.05) is 35.1 Å². The number of aliphatic hydroxyl groups excluding tert-OH is 1. The van der Waals surface area contributed by atoms with E-state index in [1.807, 2.05) is 37.3 Å². The van der Waals surface area contributed by atoms with Crippen LogP contribution in [0, 0.1) is 12.7 Å². The summed E-state index contributed by atoms with van der Waals surface area (Å²) in [5.74, 6) is 2.12. The van der Waals surface area contributed by atoms with Gasteiger partial charge in [-0.1, -0.05) is 42.5 Å². The van der Waals surface area contributed by atoms with E-state index >= 15 is 0 Å². The number of thioether (sulfide) groups is 1. The van der Waals surface area contributed by atoms with Gasteiger partial charge >= 0.3 is 0 Å². The molecule has 1 aliphatic rings. The van der Waals surface area contributed by atoms with Gasteiger partial charge in [0.05, 0.1) is 17.9 Å². The molecule has 0 spiro atoms. The topological polar surface area (TPSA) is 68.1 Å². The highest BCUT2D eigenvalue weighted by atomic mass is 32.2. The van der Waals surface area contributed by atoms with Crippen LogP contribution in [0.3, 0.4) is 0 Å². The van der Waals surface area contributed by atoms with Gasteiger partial charge < -0.3 is 9.84 Å². The lowest BCUT2D eigenvalue weighted by molar-refractivity contribution is 0.278. The van der Waals surface area contributed by atoms with Crippen molar-refractivity contribution in [2.45, 2.75) is 30.7 Å². The van der Waals surface area contributed by atoms with Crippen molar-refractivity contribution in [2.24, 2.45) is 0 Å². The Morgan fingerprint density at radius 1 is 1.03 bits per heavy atom. The SMILES string of the molecule is Cc1ncc(CO)c2c1Oc1nc(-c3ccccc3)nc(SCc3ccc(F)cc3)c1C2. The van der Waals surface area contributed by atoms with Crippen molar-refractivity contribution in [3.8, 4) is 23.0 Å². The molecule has 3 heterocycles. The molecule has 5 rings (SSSR count). The predicted octanol–water partition coefficient (Wildman–Crippen LogP) is 5.47. The van der Waals surface area contributed by atoms with Gasteiger partial charge in [-0.15, -0.1) is 11.8 Å². The molecule has 2 aromatic heterocycles. The number of rotatable bonds is 5. The summed E-state index contributed by atoms with van der Waals surface area (Å²) in [6.45, 7) is 1.77. The van der Waals surface area contributed by atoms with E-state index in [0.29, 0.717) is 29.6 Å². The van der Waals surface area contributed by atoms with E-state index in [2.05, 4.69) is 4.98 Å². The molecule has 0 bridgehead atoms. The zero-order chi connectivity index (χ0) is 22.1. The molecule has 2 aromatic carbocycles. The van der Waals surface area contributed by atoms with E-state index in [1.54, 1.807) is 30.1 Å². The summed E-state index contributed by atoms with van der Waals surface area (Å²) in [7, 11) is 0. The third-order valence-electron chi connectivity index (χ3n) is 5.38. The van der Waals surface area contributed by atoms with Crippen LogP contribution in [0.5, 0.6) is 11.6 Å². The first-order valence-corrected chi connectivity index (χ1v) is 11.2. The van der Waals surface area contributed by atoms with Crippen LogP contribution in [0.15, 0.2) is 65.8 Å². The number of hydrogen-bond acceptors (Lipinski definition) is 6. The number of aryl methyl sites for hydroxylation is 1. The number of pyridine rings is 1. The first-order valence-electron chi connectivity index (χ1n) is 10.2. The maximum absolute atomic E-state index is 13.3. The number of benzene rings is 2. The molecule has 0 saturated carbocycles. The van der Waals surface area contributed by atoms with Crippen LogP contribution in [0.25, 0.3) is 11.4 Å². The van der Waals surface area contributed by atoms with E-state index in [1.165, 1.54) is 12.1 Å². The van der Waals surface area contributed by atoms with Crippen LogP contribution in [0.1, 0.15) is 27.9 Å². The fraction of sp³-hybridized carbons (Fsp3) is 0.160. The van der Waals surface area contributed by atoms with Crippen molar-refractivity contribution < 1.29 is 14.2 Å². The van der Waals surface area contributed by atoms with Gasteiger partial charge in [-0.2, -0.15) is 4.98 Å².